The number of fused-ring (bicyclic) bond motifs is 3. The maximum Gasteiger partial charge on any atom is 0.220 e. The summed E-state index contributed by atoms with van der Waals surface area (Å²) < 4.78 is 7.37. The van der Waals surface area contributed by atoms with Gasteiger partial charge in [0, 0.05) is 18.2 Å². The molecule has 0 radical (unpaired) electrons. The molecule has 60 valence electrons. The van der Waals surface area contributed by atoms with Gasteiger partial charge in [-0.25, -0.2) is 4.98 Å². The van der Waals surface area contributed by atoms with Crippen molar-refractivity contribution >= 4 is 5.52 Å². The van der Waals surface area contributed by atoms with Crippen LogP contribution in [0.3, 0.4) is 0 Å². The first-order valence-electron chi connectivity index (χ1n) is 4.02. The average molecular weight is 160 g/mol. The summed E-state index contributed by atoms with van der Waals surface area (Å²) in [6.45, 7) is 0.771. The first-order valence-corrected chi connectivity index (χ1v) is 4.02. The Labute approximate surface area is 69.6 Å². The third-order valence-electron chi connectivity index (χ3n) is 2.24. The van der Waals surface area contributed by atoms with Crippen LogP contribution in [0, 0.1) is 0 Å². The lowest BCUT2D eigenvalue weighted by atomic mass is 10.2. The summed E-state index contributed by atoms with van der Waals surface area (Å²) in [4.78, 5) is 4.20. The van der Waals surface area contributed by atoms with Gasteiger partial charge in [0.15, 0.2) is 0 Å². The van der Waals surface area contributed by atoms with Gasteiger partial charge >= 0.3 is 0 Å². The highest BCUT2D eigenvalue weighted by Gasteiger charge is 2.16. The quantitative estimate of drug-likeness (QED) is 0.580. The highest BCUT2D eigenvalue weighted by atomic mass is 16.5. The zero-order chi connectivity index (χ0) is 7.97. The number of rotatable bonds is 0. The van der Waals surface area contributed by atoms with Crippen LogP contribution in [0.25, 0.3) is 5.52 Å². The third-order valence-corrected chi connectivity index (χ3v) is 2.24. The van der Waals surface area contributed by atoms with Gasteiger partial charge in [0.1, 0.15) is 6.33 Å². The molecule has 0 bridgehead atoms. The lowest BCUT2D eigenvalue weighted by Crippen LogP contribution is -1.89. The maximum absolute atomic E-state index is 5.35. The Morgan fingerprint density at radius 1 is 1.50 bits per heavy atom. The van der Waals surface area contributed by atoms with Crippen molar-refractivity contribution in [2.24, 2.45) is 0 Å². The zero-order valence-corrected chi connectivity index (χ0v) is 6.53. The number of ether oxygens (including phenoxy) is 1. The molecule has 0 saturated heterocycles. The second-order valence-electron chi connectivity index (χ2n) is 2.93. The van der Waals surface area contributed by atoms with E-state index < -0.39 is 0 Å². The van der Waals surface area contributed by atoms with Crippen molar-refractivity contribution in [2.45, 2.75) is 6.42 Å². The molecular weight excluding hydrogens is 152 g/mol. The summed E-state index contributed by atoms with van der Waals surface area (Å²) >= 11 is 0. The predicted molar refractivity (Wildman–Crippen MR) is 44.4 cm³/mol. The fourth-order valence-corrected chi connectivity index (χ4v) is 1.66. The molecule has 2 aromatic rings. The monoisotopic (exact) mass is 160 g/mol. The Bertz CT molecular complexity index is 433. The molecule has 3 heteroatoms. The fraction of sp³-hybridized carbons (Fsp3) is 0.222. The van der Waals surface area contributed by atoms with Gasteiger partial charge in [0.2, 0.25) is 5.88 Å². The minimum Gasteiger partial charge on any atom is -0.477 e. The number of hydrogen-bond donors (Lipinski definition) is 0. The van der Waals surface area contributed by atoms with Crippen LogP contribution in [0.2, 0.25) is 0 Å². The Hall–Kier alpha value is -1.51. The van der Waals surface area contributed by atoms with Gasteiger partial charge in [-0.05, 0) is 12.1 Å². The summed E-state index contributed by atoms with van der Waals surface area (Å²) in [6.07, 6.45) is 4.77. The van der Waals surface area contributed by atoms with Gasteiger partial charge < -0.3 is 9.14 Å². The summed E-state index contributed by atoms with van der Waals surface area (Å²) in [5.74, 6) is 0.807. The molecule has 1 aliphatic rings. The smallest absolute Gasteiger partial charge is 0.220 e. The van der Waals surface area contributed by atoms with Crippen LogP contribution in [-0.2, 0) is 6.42 Å². The van der Waals surface area contributed by atoms with Crippen molar-refractivity contribution in [1.29, 1.82) is 0 Å². The van der Waals surface area contributed by atoms with E-state index in [0.29, 0.717) is 0 Å². The lowest BCUT2D eigenvalue weighted by Gasteiger charge is -1.99. The van der Waals surface area contributed by atoms with Gasteiger partial charge in [-0.2, -0.15) is 0 Å². The molecule has 0 spiro atoms. The molecule has 1 aliphatic heterocycles. The standard InChI is InChI=1S/C9H8N2O/c1-2-8-7-3-5-12-9(7)10-6-11(8)4-1/h1-2,4,6H,3,5H2. The van der Waals surface area contributed by atoms with E-state index in [9.17, 15) is 0 Å². The average Bonchev–Trinajstić information content (AvgIpc) is 2.71. The molecule has 0 unspecified atom stereocenters. The summed E-state index contributed by atoms with van der Waals surface area (Å²) in [7, 11) is 0. The van der Waals surface area contributed by atoms with Crippen molar-refractivity contribution in [3.8, 4) is 5.88 Å². The third kappa shape index (κ3) is 0.630. The summed E-state index contributed by atoms with van der Waals surface area (Å²) in [6, 6.07) is 4.12. The molecule has 12 heavy (non-hydrogen) atoms. The fourth-order valence-electron chi connectivity index (χ4n) is 1.66. The maximum atomic E-state index is 5.35. The van der Waals surface area contributed by atoms with Crippen molar-refractivity contribution in [3.05, 3.63) is 30.2 Å². The van der Waals surface area contributed by atoms with Crippen LogP contribution >= 0.6 is 0 Å². The van der Waals surface area contributed by atoms with E-state index in [1.165, 1.54) is 11.1 Å². The Morgan fingerprint density at radius 2 is 2.50 bits per heavy atom. The summed E-state index contributed by atoms with van der Waals surface area (Å²) in [5, 5.41) is 0. The SMILES string of the molecule is c1cc2c3c(ncn2c1)OCC3. The van der Waals surface area contributed by atoms with E-state index in [4.69, 9.17) is 4.74 Å². The van der Waals surface area contributed by atoms with Crippen LogP contribution in [0.15, 0.2) is 24.7 Å². The van der Waals surface area contributed by atoms with Crippen LogP contribution < -0.4 is 4.74 Å². The van der Waals surface area contributed by atoms with Crippen molar-refractivity contribution in [3.63, 3.8) is 0 Å². The molecule has 3 heterocycles. The van der Waals surface area contributed by atoms with E-state index >= 15 is 0 Å². The first-order chi connectivity index (χ1) is 5.95. The topological polar surface area (TPSA) is 26.5 Å². The number of hydrogen-bond acceptors (Lipinski definition) is 2. The molecule has 3 rings (SSSR count). The second kappa shape index (κ2) is 2.00. The minimum atomic E-state index is 0.771. The van der Waals surface area contributed by atoms with E-state index in [-0.39, 0.29) is 0 Å². The molecule has 0 aliphatic carbocycles. The zero-order valence-electron chi connectivity index (χ0n) is 6.53. The van der Waals surface area contributed by atoms with E-state index in [0.717, 1.165) is 18.9 Å². The van der Waals surface area contributed by atoms with E-state index in [1.54, 1.807) is 6.33 Å². The van der Waals surface area contributed by atoms with Crippen LogP contribution in [-0.4, -0.2) is 16.0 Å². The normalized spacial score (nSPS) is 14.7. The van der Waals surface area contributed by atoms with Crippen molar-refractivity contribution in [1.82, 2.24) is 9.38 Å². The number of aromatic nitrogens is 2. The van der Waals surface area contributed by atoms with Gasteiger partial charge in [0.25, 0.3) is 0 Å². The largest absolute Gasteiger partial charge is 0.477 e. The van der Waals surface area contributed by atoms with Crippen molar-refractivity contribution in [2.75, 3.05) is 6.61 Å². The Morgan fingerprint density at radius 3 is 3.50 bits per heavy atom. The Kier molecular flexibility index (Phi) is 1.01. The molecular formula is C9H8N2O. The first kappa shape index (κ1) is 6.06. The summed E-state index contributed by atoms with van der Waals surface area (Å²) in [5.41, 5.74) is 2.46. The minimum absolute atomic E-state index is 0.771. The molecule has 0 N–H and O–H groups in total. The molecule has 0 saturated carbocycles. The van der Waals surface area contributed by atoms with Gasteiger partial charge in [0.05, 0.1) is 12.1 Å². The molecule has 0 fully saturated rings. The number of nitrogens with zero attached hydrogens (tertiary/aromatic N) is 2. The van der Waals surface area contributed by atoms with Gasteiger partial charge in [-0.3, -0.25) is 0 Å². The second-order valence-corrected chi connectivity index (χ2v) is 2.93. The van der Waals surface area contributed by atoms with E-state index in [1.807, 2.05) is 16.7 Å². The van der Waals surface area contributed by atoms with Crippen LogP contribution in [0.1, 0.15) is 5.56 Å². The lowest BCUT2D eigenvalue weighted by molar-refractivity contribution is 0.344. The molecule has 3 nitrogen and oxygen atoms in total. The molecule has 0 amide bonds. The van der Waals surface area contributed by atoms with Gasteiger partial charge in [-0.1, -0.05) is 0 Å². The molecule has 0 atom stereocenters. The van der Waals surface area contributed by atoms with Crippen molar-refractivity contribution < 1.29 is 4.74 Å². The van der Waals surface area contributed by atoms with Crippen LogP contribution in [0.5, 0.6) is 5.88 Å². The Balaban J connectivity index is 2.46. The van der Waals surface area contributed by atoms with Gasteiger partial charge in [-0.15, -0.1) is 0 Å². The molecule has 0 aromatic carbocycles. The van der Waals surface area contributed by atoms with E-state index in [2.05, 4.69) is 11.1 Å². The predicted octanol–water partition coefficient (Wildman–Crippen LogP) is 1.27. The van der Waals surface area contributed by atoms with Crippen LogP contribution in [0.4, 0.5) is 0 Å². The molecule has 2 aromatic heterocycles. The highest BCUT2D eigenvalue weighted by Crippen LogP contribution is 2.26. The highest BCUT2D eigenvalue weighted by molar-refractivity contribution is 5.59.